The fourth-order valence-electron chi connectivity index (χ4n) is 3.21. The molecule has 0 saturated heterocycles. The van der Waals surface area contributed by atoms with Gasteiger partial charge in [-0.25, -0.2) is 0 Å². The van der Waals surface area contributed by atoms with E-state index in [0.717, 1.165) is 31.6 Å². The molecular weight excluding hydrogens is 446 g/mol. The molecule has 2 aromatic heterocycles. The Balaban J connectivity index is 1.91. The molecule has 0 spiro atoms. The van der Waals surface area contributed by atoms with E-state index in [9.17, 15) is 9.59 Å². The normalized spacial score (nSPS) is 17.0. The SMILES string of the molecule is CCn1c(=O)/c(=C2\Sc3cc(Cl)ccc3N2C)s/c1=C\c1scc[n+]1C(C)C=O. The minimum absolute atomic E-state index is 0.00328. The van der Waals surface area contributed by atoms with Crippen molar-refractivity contribution in [3.63, 3.8) is 0 Å². The molecular formula is C20H19ClN3O2S3+. The van der Waals surface area contributed by atoms with Crippen molar-refractivity contribution in [1.29, 1.82) is 0 Å². The zero-order chi connectivity index (χ0) is 20.7. The second-order valence-corrected chi connectivity index (χ2v) is 9.99. The quantitative estimate of drug-likeness (QED) is 0.440. The fraction of sp³-hybridized carbons (Fsp3) is 0.250. The lowest BCUT2D eigenvalue weighted by molar-refractivity contribution is -0.701. The number of rotatable bonds is 4. The molecule has 0 radical (unpaired) electrons. The Morgan fingerprint density at radius 3 is 2.86 bits per heavy atom. The van der Waals surface area contributed by atoms with Crippen LogP contribution in [0.2, 0.25) is 5.02 Å². The number of carbonyl (C=O) groups is 1. The van der Waals surface area contributed by atoms with Crippen LogP contribution in [0.25, 0.3) is 11.1 Å². The number of anilines is 1. The van der Waals surface area contributed by atoms with Crippen LogP contribution in [0.1, 0.15) is 24.9 Å². The van der Waals surface area contributed by atoms with Crippen LogP contribution in [0.4, 0.5) is 5.69 Å². The number of nitrogens with zero attached hydrogens (tertiary/aromatic N) is 3. The number of benzene rings is 1. The summed E-state index contributed by atoms with van der Waals surface area (Å²) in [5.74, 6) is 0. The van der Waals surface area contributed by atoms with Crippen LogP contribution in [-0.2, 0) is 11.3 Å². The Morgan fingerprint density at radius 1 is 1.34 bits per heavy atom. The van der Waals surface area contributed by atoms with Crippen LogP contribution in [0.3, 0.4) is 0 Å². The molecule has 0 saturated carbocycles. The van der Waals surface area contributed by atoms with E-state index in [1.54, 1.807) is 27.7 Å². The second-order valence-electron chi connectivity index (χ2n) is 6.57. The Morgan fingerprint density at radius 2 is 2.14 bits per heavy atom. The van der Waals surface area contributed by atoms with Crippen LogP contribution in [-0.4, -0.2) is 17.9 Å². The van der Waals surface area contributed by atoms with Gasteiger partial charge >= 0.3 is 0 Å². The Bertz CT molecular complexity index is 1270. The summed E-state index contributed by atoms with van der Waals surface area (Å²) in [5.41, 5.74) is 1.05. The van der Waals surface area contributed by atoms with Crippen molar-refractivity contribution < 1.29 is 9.36 Å². The monoisotopic (exact) mass is 464 g/mol. The third kappa shape index (κ3) is 3.59. The summed E-state index contributed by atoms with van der Waals surface area (Å²) >= 11 is 10.7. The lowest BCUT2D eigenvalue weighted by atomic mass is 10.3. The Hall–Kier alpha value is -1.87. The highest BCUT2D eigenvalue weighted by Gasteiger charge is 2.25. The number of carbonyl (C=O) groups excluding carboxylic acids is 1. The van der Waals surface area contributed by atoms with Crippen LogP contribution in [0.5, 0.6) is 0 Å². The number of hydrogen-bond acceptors (Lipinski definition) is 6. The molecule has 1 aromatic carbocycles. The summed E-state index contributed by atoms with van der Waals surface area (Å²) in [6, 6.07) is 5.52. The summed E-state index contributed by atoms with van der Waals surface area (Å²) in [6.07, 6.45) is 4.81. The summed E-state index contributed by atoms with van der Waals surface area (Å²) in [5, 5.41) is 4.49. The highest BCUT2D eigenvalue weighted by atomic mass is 35.5. The van der Waals surface area contributed by atoms with Crippen molar-refractivity contribution in [2.75, 3.05) is 11.9 Å². The average molecular weight is 465 g/mol. The zero-order valence-electron chi connectivity index (χ0n) is 16.1. The number of halogens is 1. The Kier molecular flexibility index (Phi) is 5.70. The number of thiazole rings is 2. The molecule has 29 heavy (non-hydrogen) atoms. The van der Waals surface area contributed by atoms with Crippen molar-refractivity contribution in [3.05, 3.63) is 59.4 Å². The van der Waals surface area contributed by atoms with Crippen LogP contribution < -0.4 is 24.2 Å². The van der Waals surface area contributed by atoms with Gasteiger partial charge in [0.05, 0.1) is 17.1 Å². The van der Waals surface area contributed by atoms with Crippen molar-refractivity contribution in [2.24, 2.45) is 0 Å². The minimum atomic E-state index is -0.251. The molecule has 1 aliphatic heterocycles. The van der Waals surface area contributed by atoms with Crippen molar-refractivity contribution in [3.8, 4) is 0 Å². The molecule has 3 aromatic rings. The first kappa shape index (κ1) is 20.4. The maximum absolute atomic E-state index is 13.2. The molecule has 1 atom stereocenters. The van der Waals surface area contributed by atoms with E-state index in [-0.39, 0.29) is 11.6 Å². The van der Waals surface area contributed by atoms with Gasteiger partial charge in [0.2, 0.25) is 6.04 Å². The Labute approximate surface area is 185 Å². The molecule has 0 fully saturated rings. The van der Waals surface area contributed by atoms with Crippen molar-refractivity contribution in [2.45, 2.75) is 31.3 Å². The molecule has 0 N–H and O–H groups in total. The van der Waals surface area contributed by atoms with Gasteiger partial charge < -0.3 is 4.90 Å². The van der Waals surface area contributed by atoms with E-state index >= 15 is 0 Å². The number of aromatic nitrogens is 2. The molecule has 0 amide bonds. The first-order chi connectivity index (χ1) is 13.9. The minimum Gasteiger partial charge on any atom is -0.337 e. The third-order valence-electron chi connectivity index (χ3n) is 4.76. The lowest BCUT2D eigenvalue weighted by Crippen LogP contribution is -2.39. The highest BCUT2D eigenvalue weighted by molar-refractivity contribution is 8.08. The first-order valence-electron chi connectivity index (χ1n) is 9.05. The summed E-state index contributed by atoms with van der Waals surface area (Å²) in [4.78, 5) is 27.5. The number of hydrogen-bond donors (Lipinski definition) is 0. The van der Waals surface area contributed by atoms with Crippen molar-refractivity contribution in [1.82, 2.24) is 4.57 Å². The fourth-order valence-corrected chi connectivity index (χ4v) is 6.88. The third-order valence-corrected chi connectivity index (χ3v) is 8.29. The molecule has 9 heteroatoms. The van der Waals surface area contributed by atoms with Gasteiger partial charge in [0, 0.05) is 30.4 Å². The van der Waals surface area contributed by atoms with E-state index in [4.69, 9.17) is 11.6 Å². The van der Waals surface area contributed by atoms with E-state index < -0.39 is 0 Å². The molecule has 4 rings (SSSR count). The van der Waals surface area contributed by atoms with E-state index in [1.165, 1.54) is 11.3 Å². The second kappa shape index (κ2) is 8.10. The molecule has 0 aliphatic carbocycles. The zero-order valence-corrected chi connectivity index (χ0v) is 19.3. The van der Waals surface area contributed by atoms with E-state index in [1.807, 2.05) is 66.2 Å². The molecule has 150 valence electrons. The lowest BCUT2D eigenvalue weighted by Gasteiger charge is -2.12. The van der Waals surface area contributed by atoms with Gasteiger partial charge in [-0.2, -0.15) is 4.57 Å². The van der Waals surface area contributed by atoms with Gasteiger partial charge in [-0.05, 0) is 25.1 Å². The molecule has 3 heterocycles. The smallest absolute Gasteiger partial charge is 0.271 e. The highest BCUT2D eigenvalue weighted by Crippen LogP contribution is 2.46. The largest absolute Gasteiger partial charge is 0.337 e. The van der Waals surface area contributed by atoms with Crippen molar-refractivity contribution >= 4 is 69.1 Å². The van der Waals surface area contributed by atoms with E-state index in [0.29, 0.717) is 16.1 Å². The van der Waals surface area contributed by atoms with Gasteiger partial charge in [-0.15, -0.1) is 11.3 Å². The number of fused-ring (bicyclic) bond motifs is 1. The maximum Gasteiger partial charge on any atom is 0.271 e. The predicted octanol–water partition coefficient (Wildman–Crippen LogP) is 2.83. The average Bonchev–Trinajstić information content (AvgIpc) is 3.38. The predicted molar refractivity (Wildman–Crippen MR) is 121 cm³/mol. The number of aldehydes is 1. The van der Waals surface area contributed by atoms with Crippen LogP contribution >= 0.6 is 46.0 Å². The summed E-state index contributed by atoms with van der Waals surface area (Å²) in [6.45, 7) is 4.40. The topological polar surface area (TPSA) is 46.2 Å². The van der Waals surface area contributed by atoms with Crippen LogP contribution in [0.15, 0.2) is 39.5 Å². The molecule has 0 bridgehead atoms. The maximum atomic E-state index is 13.2. The first-order valence-corrected chi connectivity index (χ1v) is 11.9. The van der Waals surface area contributed by atoms with Gasteiger partial charge in [0.1, 0.15) is 14.2 Å². The standard InChI is InChI=1S/C20H19ClN3O2S3/c1-4-23-17(10-16-24(7-8-27-16)12(2)11-25)29-18(19(23)26)20-22(3)14-6-5-13(21)9-15(14)28-20/h5-12H,4H2,1-3H3/q+1/b20-18+. The van der Waals surface area contributed by atoms with Gasteiger partial charge in [0.15, 0.2) is 12.5 Å². The number of thioether (sulfide) groups is 1. The molecule has 1 unspecified atom stereocenters. The molecule has 5 nitrogen and oxygen atoms in total. The molecule has 1 aliphatic rings. The van der Waals surface area contributed by atoms with Gasteiger partial charge in [-0.3, -0.25) is 14.2 Å². The van der Waals surface area contributed by atoms with Crippen LogP contribution in [0, 0.1) is 0 Å². The van der Waals surface area contributed by atoms with Gasteiger partial charge in [-0.1, -0.05) is 34.7 Å². The van der Waals surface area contributed by atoms with E-state index in [2.05, 4.69) is 0 Å². The van der Waals surface area contributed by atoms with Gasteiger partial charge in [0.25, 0.3) is 10.6 Å². The summed E-state index contributed by atoms with van der Waals surface area (Å²) < 4.78 is 5.29. The summed E-state index contributed by atoms with van der Waals surface area (Å²) in [7, 11) is 1.97.